The number of nitrogens with zero attached hydrogens (tertiary/aromatic N) is 2. The molecule has 1 aliphatic heterocycles. The van der Waals surface area contributed by atoms with Gasteiger partial charge in [-0.05, 0) is 39.0 Å². The number of amides is 1. The van der Waals surface area contributed by atoms with E-state index in [-0.39, 0.29) is 11.9 Å². The van der Waals surface area contributed by atoms with E-state index in [1.807, 2.05) is 23.1 Å². The standard InChI is InChI=1S/C15H23N3O/c1-17(2)9-6-10-18-12-16-14(15(18)19)11-13-7-4-3-5-8-13/h3-5,7-8,14,16H,6,9-12H2,1-2H3. The van der Waals surface area contributed by atoms with Crippen molar-refractivity contribution < 1.29 is 4.79 Å². The molecular formula is C15H23N3O. The minimum absolute atomic E-state index is 0.0539. The molecule has 0 radical (unpaired) electrons. The fourth-order valence-electron chi connectivity index (χ4n) is 2.38. The molecule has 4 nitrogen and oxygen atoms in total. The van der Waals surface area contributed by atoms with Gasteiger partial charge in [0, 0.05) is 6.54 Å². The maximum Gasteiger partial charge on any atom is 0.241 e. The Hall–Kier alpha value is -1.39. The first-order valence-corrected chi connectivity index (χ1v) is 6.87. The van der Waals surface area contributed by atoms with Crippen LogP contribution in [0.4, 0.5) is 0 Å². The lowest BCUT2D eigenvalue weighted by atomic mass is 10.1. The zero-order valence-corrected chi connectivity index (χ0v) is 11.8. The molecule has 1 atom stereocenters. The predicted octanol–water partition coefficient (Wildman–Crippen LogP) is 0.939. The molecule has 0 spiro atoms. The number of benzene rings is 1. The van der Waals surface area contributed by atoms with Crippen molar-refractivity contribution in [3.63, 3.8) is 0 Å². The third kappa shape index (κ3) is 4.04. The minimum atomic E-state index is -0.0539. The lowest BCUT2D eigenvalue weighted by Crippen LogP contribution is -2.33. The van der Waals surface area contributed by atoms with Crippen LogP contribution in [-0.2, 0) is 11.2 Å². The Labute approximate surface area is 115 Å². The maximum atomic E-state index is 12.2. The Morgan fingerprint density at radius 1 is 1.32 bits per heavy atom. The monoisotopic (exact) mass is 261 g/mol. The van der Waals surface area contributed by atoms with Gasteiger partial charge in [-0.25, -0.2) is 0 Å². The number of hydrogen-bond donors (Lipinski definition) is 1. The summed E-state index contributed by atoms with van der Waals surface area (Å²) in [6.45, 7) is 2.55. The quantitative estimate of drug-likeness (QED) is 0.828. The van der Waals surface area contributed by atoms with Gasteiger partial charge in [-0.1, -0.05) is 30.3 Å². The molecule has 1 aromatic carbocycles. The molecule has 0 aromatic heterocycles. The molecular weight excluding hydrogens is 238 g/mol. The second-order valence-corrected chi connectivity index (χ2v) is 5.36. The molecule has 2 rings (SSSR count). The fourth-order valence-corrected chi connectivity index (χ4v) is 2.38. The van der Waals surface area contributed by atoms with Crippen molar-refractivity contribution in [1.29, 1.82) is 0 Å². The Morgan fingerprint density at radius 3 is 2.74 bits per heavy atom. The van der Waals surface area contributed by atoms with Gasteiger partial charge < -0.3 is 9.80 Å². The third-order valence-electron chi connectivity index (χ3n) is 3.45. The second-order valence-electron chi connectivity index (χ2n) is 5.36. The van der Waals surface area contributed by atoms with Crippen molar-refractivity contribution in [2.75, 3.05) is 33.9 Å². The normalized spacial score (nSPS) is 19.4. The molecule has 4 heteroatoms. The topological polar surface area (TPSA) is 35.6 Å². The lowest BCUT2D eigenvalue weighted by molar-refractivity contribution is -0.128. The summed E-state index contributed by atoms with van der Waals surface area (Å²) in [7, 11) is 4.12. The van der Waals surface area contributed by atoms with E-state index < -0.39 is 0 Å². The van der Waals surface area contributed by atoms with Gasteiger partial charge in [0.05, 0.1) is 12.7 Å². The van der Waals surface area contributed by atoms with Crippen LogP contribution in [0.2, 0.25) is 0 Å². The van der Waals surface area contributed by atoms with Crippen molar-refractivity contribution in [3.8, 4) is 0 Å². The van der Waals surface area contributed by atoms with E-state index in [1.165, 1.54) is 5.56 Å². The van der Waals surface area contributed by atoms with Crippen LogP contribution in [0.25, 0.3) is 0 Å². The Balaban J connectivity index is 1.81. The molecule has 1 aliphatic rings. The zero-order chi connectivity index (χ0) is 13.7. The van der Waals surface area contributed by atoms with Crippen LogP contribution in [0.5, 0.6) is 0 Å². The summed E-state index contributed by atoms with van der Waals surface area (Å²) in [5, 5.41) is 3.31. The van der Waals surface area contributed by atoms with Gasteiger partial charge in [0.2, 0.25) is 5.91 Å². The van der Waals surface area contributed by atoms with Gasteiger partial charge >= 0.3 is 0 Å². The van der Waals surface area contributed by atoms with Gasteiger partial charge in [0.25, 0.3) is 0 Å². The number of nitrogens with one attached hydrogen (secondary N) is 1. The van der Waals surface area contributed by atoms with Crippen LogP contribution >= 0.6 is 0 Å². The fraction of sp³-hybridized carbons (Fsp3) is 0.533. The lowest BCUT2D eigenvalue weighted by Gasteiger charge is -2.17. The van der Waals surface area contributed by atoms with Crippen molar-refractivity contribution >= 4 is 5.91 Å². The molecule has 1 saturated heterocycles. The molecule has 104 valence electrons. The van der Waals surface area contributed by atoms with Crippen LogP contribution in [0.3, 0.4) is 0 Å². The Morgan fingerprint density at radius 2 is 2.05 bits per heavy atom. The van der Waals surface area contributed by atoms with E-state index in [0.717, 1.165) is 25.9 Å². The zero-order valence-electron chi connectivity index (χ0n) is 11.8. The number of carbonyl (C=O) groups is 1. The molecule has 1 aromatic rings. The first-order valence-electron chi connectivity index (χ1n) is 6.87. The summed E-state index contributed by atoms with van der Waals surface area (Å²) in [4.78, 5) is 16.3. The Bertz CT molecular complexity index is 405. The summed E-state index contributed by atoms with van der Waals surface area (Å²) < 4.78 is 0. The summed E-state index contributed by atoms with van der Waals surface area (Å²) in [6.07, 6.45) is 1.81. The van der Waals surface area contributed by atoms with Crippen molar-refractivity contribution in [1.82, 2.24) is 15.1 Å². The van der Waals surface area contributed by atoms with Crippen LogP contribution in [0.15, 0.2) is 30.3 Å². The van der Waals surface area contributed by atoms with Crippen LogP contribution in [0.1, 0.15) is 12.0 Å². The van der Waals surface area contributed by atoms with E-state index in [0.29, 0.717) is 6.67 Å². The van der Waals surface area contributed by atoms with Gasteiger partial charge in [0.15, 0.2) is 0 Å². The summed E-state index contributed by atoms with van der Waals surface area (Å²) in [5.41, 5.74) is 1.21. The van der Waals surface area contributed by atoms with Gasteiger partial charge in [-0.15, -0.1) is 0 Å². The molecule has 0 bridgehead atoms. The molecule has 1 heterocycles. The highest BCUT2D eigenvalue weighted by Gasteiger charge is 2.30. The van der Waals surface area contributed by atoms with E-state index in [4.69, 9.17) is 0 Å². The average Bonchev–Trinajstić information content (AvgIpc) is 2.72. The van der Waals surface area contributed by atoms with Crippen molar-refractivity contribution in [2.24, 2.45) is 0 Å². The van der Waals surface area contributed by atoms with Gasteiger partial charge in [-0.2, -0.15) is 0 Å². The van der Waals surface area contributed by atoms with Crippen LogP contribution in [0, 0.1) is 0 Å². The van der Waals surface area contributed by atoms with Crippen molar-refractivity contribution in [3.05, 3.63) is 35.9 Å². The van der Waals surface area contributed by atoms with Crippen molar-refractivity contribution in [2.45, 2.75) is 18.9 Å². The first-order chi connectivity index (χ1) is 9.16. The SMILES string of the molecule is CN(C)CCCN1CNC(Cc2ccccc2)C1=O. The highest BCUT2D eigenvalue weighted by molar-refractivity contribution is 5.84. The molecule has 1 N–H and O–H groups in total. The maximum absolute atomic E-state index is 12.2. The molecule has 0 aliphatic carbocycles. The second kappa shape index (κ2) is 6.68. The molecule has 0 saturated carbocycles. The summed E-state index contributed by atoms with van der Waals surface area (Å²) >= 11 is 0. The average molecular weight is 261 g/mol. The number of carbonyl (C=O) groups excluding carboxylic acids is 1. The molecule has 1 fully saturated rings. The van der Waals surface area contributed by atoms with E-state index in [1.54, 1.807) is 0 Å². The molecule has 1 unspecified atom stereocenters. The summed E-state index contributed by atoms with van der Waals surface area (Å²) in [5.74, 6) is 0.239. The number of hydrogen-bond acceptors (Lipinski definition) is 3. The molecule has 1 amide bonds. The van der Waals surface area contributed by atoms with E-state index >= 15 is 0 Å². The van der Waals surface area contributed by atoms with E-state index in [2.05, 4.69) is 36.4 Å². The molecule has 19 heavy (non-hydrogen) atoms. The minimum Gasteiger partial charge on any atom is -0.328 e. The summed E-state index contributed by atoms with van der Waals surface area (Å²) in [6, 6.07) is 10.1. The third-order valence-corrected chi connectivity index (χ3v) is 3.45. The van der Waals surface area contributed by atoms with Gasteiger partial charge in [-0.3, -0.25) is 10.1 Å². The first kappa shape index (κ1) is 14.0. The van der Waals surface area contributed by atoms with E-state index in [9.17, 15) is 4.79 Å². The largest absolute Gasteiger partial charge is 0.328 e. The Kier molecular flexibility index (Phi) is 4.93. The van der Waals surface area contributed by atoms with Gasteiger partial charge in [0.1, 0.15) is 0 Å². The smallest absolute Gasteiger partial charge is 0.241 e. The van der Waals surface area contributed by atoms with Crippen LogP contribution in [-0.4, -0.2) is 55.6 Å². The highest BCUT2D eigenvalue weighted by atomic mass is 16.2. The highest BCUT2D eigenvalue weighted by Crippen LogP contribution is 2.10. The number of rotatable bonds is 6. The predicted molar refractivity (Wildman–Crippen MR) is 76.8 cm³/mol. The van der Waals surface area contributed by atoms with Crippen LogP contribution < -0.4 is 5.32 Å².